The molecule has 13 N–H and O–H groups in total. The molecule has 27 heteroatoms. The Balaban J connectivity index is 1.33. The molecule has 416 valence electrons. The van der Waals surface area contributed by atoms with Gasteiger partial charge in [0.1, 0.15) is 36.0 Å². The van der Waals surface area contributed by atoms with Crippen LogP contribution in [0.2, 0.25) is 0 Å². The van der Waals surface area contributed by atoms with Crippen molar-refractivity contribution in [1.29, 1.82) is 0 Å². The number of urea groups is 1. The highest BCUT2D eigenvalue weighted by atomic mass is 127. The average molecular weight is 1190 g/mol. The predicted octanol–water partition coefficient (Wildman–Crippen LogP) is 2.34. The fourth-order valence-corrected chi connectivity index (χ4v) is 8.46. The fourth-order valence-electron chi connectivity index (χ4n) is 8.32. The lowest BCUT2D eigenvalue weighted by Crippen LogP contribution is -2.54. The Morgan fingerprint density at radius 1 is 0.610 bits per heavy atom. The highest BCUT2D eigenvalue weighted by Crippen LogP contribution is 2.29. The molecule has 1 saturated carbocycles. The van der Waals surface area contributed by atoms with E-state index in [0.717, 1.165) is 16.3 Å². The molecule has 0 spiro atoms. The molecule has 0 saturated heterocycles. The first kappa shape index (κ1) is 61.6. The molecule has 0 aliphatic heterocycles. The fraction of sp³-hybridized carbons (Fsp3) is 0.460. The van der Waals surface area contributed by atoms with Crippen LogP contribution < -0.4 is 42.6 Å². The number of carbonyl (C=O) groups is 11. The molecule has 3 aromatic rings. The number of carbonyl (C=O) groups excluding carboxylic acids is 6. The van der Waals surface area contributed by atoms with E-state index in [1.165, 1.54) is 22.6 Å². The minimum atomic E-state index is -1.57. The second kappa shape index (κ2) is 31.8. The van der Waals surface area contributed by atoms with Gasteiger partial charge in [-0.2, -0.15) is 5.10 Å². The van der Waals surface area contributed by atoms with Gasteiger partial charge in [-0.15, -0.1) is 0 Å². The van der Waals surface area contributed by atoms with Gasteiger partial charge < -0.3 is 62.8 Å². The van der Waals surface area contributed by atoms with E-state index in [2.05, 4.69) is 52.7 Å². The van der Waals surface area contributed by atoms with E-state index in [4.69, 9.17) is 5.11 Å². The van der Waals surface area contributed by atoms with E-state index in [1.807, 2.05) is 65.1 Å². The van der Waals surface area contributed by atoms with Gasteiger partial charge in [0.15, 0.2) is 0 Å². The summed E-state index contributed by atoms with van der Waals surface area (Å²) in [7, 11) is 0. The number of hydrogen-bond donors (Lipinski definition) is 13. The molecule has 5 unspecified atom stereocenters. The Hall–Kier alpha value is -7.98. The molecule has 4 rings (SSSR count). The number of benzene rings is 2. The van der Waals surface area contributed by atoms with Crippen LogP contribution in [0.25, 0.3) is 10.8 Å². The van der Waals surface area contributed by atoms with Gasteiger partial charge >= 0.3 is 35.9 Å². The van der Waals surface area contributed by atoms with Crippen LogP contribution in [0.4, 0.5) is 10.6 Å². The molecule has 2 aromatic carbocycles. The third-order valence-electron chi connectivity index (χ3n) is 12.5. The van der Waals surface area contributed by atoms with E-state index in [-0.39, 0.29) is 69.0 Å². The maximum atomic E-state index is 13.8. The Kier molecular flexibility index (Phi) is 25.4. The Labute approximate surface area is 454 Å². The van der Waals surface area contributed by atoms with Crippen LogP contribution in [-0.2, 0) is 49.6 Å². The molecule has 77 heavy (non-hydrogen) atoms. The minimum Gasteiger partial charge on any atom is -0.481 e. The molecule has 7 amide bonds. The molecule has 0 bridgehead atoms. The Morgan fingerprint density at radius 3 is 1.78 bits per heavy atom. The van der Waals surface area contributed by atoms with Crippen LogP contribution in [0, 0.1) is 11.8 Å². The first-order chi connectivity index (χ1) is 36.7. The summed E-state index contributed by atoms with van der Waals surface area (Å²) in [4.78, 5) is 142. The molecule has 1 aromatic heterocycles. The maximum absolute atomic E-state index is 13.8. The molecule has 26 nitrogen and oxygen atoms in total. The lowest BCUT2D eigenvalue weighted by molar-refractivity contribution is -0.141. The van der Waals surface area contributed by atoms with Crippen molar-refractivity contribution in [1.82, 2.24) is 42.2 Å². The summed E-state index contributed by atoms with van der Waals surface area (Å²) >= 11 is 1.89. The Bertz CT molecular complexity index is 2610. The van der Waals surface area contributed by atoms with E-state index in [9.17, 15) is 73.2 Å². The second-order valence-electron chi connectivity index (χ2n) is 18.3. The number of hydrogen-bond acceptors (Lipinski definition) is 14. The minimum absolute atomic E-state index is 0.0351. The highest BCUT2D eigenvalue weighted by molar-refractivity contribution is 14.1. The van der Waals surface area contributed by atoms with Gasteiger partial charge in [-0.05, 0) is 121 Å². The van der Waals surface area contributed by atoms with Gasteiger partial charge in [-0.3, -0.25) is 43.8 Å². The van der Waals surface area contributed by atoms with Gasteiger partial charge in [0, 0.05) is 50.9 Å². The molecule has 1 aliphatic carbocycles. The van der Waals surface area contributed by atoms with Gasteiger partial charge in [-0.25, -0.2) is 19.4 Å². The summed E-state index contributed by atoms with van der Waals surface area (Å²) in [6, 6.07) is 8.18. The molecule has 0 radical (unpaired) electrons. The molecule has 1 heterocycles. The first-order valence-electron chi connectivity index (χ1n) is 24.7. The van der Waals surface area contributed by atoms with Gasteiger partial charge in [0.2, 0.25) is 23.6 Å². The summed E-state index contributed by atoms with van der Waals surface area (Å²) in [5.74, 6) is -10.3. The van der Waals surface area contributed by atoms with Crippen LogP contribution in [0.15, 0.2) is 65.9 Å². The molecular formula is C50H63IN10O16. The quantitative estimate of drug-likeness (QED) is 0.0185. The number of pyridine rings is 1. The smallest absolute Gasteiger partial charge is 0.326 e. The van der Waals surface area contributed by atoms with Crippen LogP contribution in [0.3, 0.4) is 0 Å². The summed E-state index contributed by atoms with van der Waals surface area (Å²) in [5.41, 5.74) is 3.43. The van der Waals surface area contributed by atoms with Gasteiger partial charge in [-0.1, -0.05) is 42.5 Å². The number of unbranched alkanes of at least 4 members (excludes halogenated alkanes) is 1. The zero-order valence-electron chi connectivity index (χ0n) is 41.7. The van der Waals surface area contributed by atoms with Crippen molar-refractivity contribution in [3.05, 3.63) is 71.9 Å². The van der Waals surface area contributed by atoms with E-state index < -0.39 is 121 Å². The largest absolute Gasteiger partial charge is 0.481 e. The van der Waals surface area contributed by atoms with Crippen molar-refractivity contribution < 1.29 is 78.3 Å². The number of amides is 7. The van der Waals surface area contributed by atoms with E-state index in [0.29, 0.717) is 31.5 Å². The number of anilines is 1. The molecule has 5 atom stereocenters. The molecule has 1 fully saturated rings. The maximum Gasteiger partial charge on any atom is 0.326 e. The van der Waals surface area contributed by atoms with Crippen molar-refractivity contribution in [3.63, 3.8) is 0 Å². The van der Waals surface area contributed by atoms with Crippen molar-refractivity contribution >= 4 is 109 Å². The van der Waals surface area contributed by atoms with Crippen molar-refractivity contribution in [2.75, 3.05) is 18.5 Å². The van der Waals surface area contributed by atoms with Crippen molar-refractivity contribution in [3.8, 4) is 0 Å². The number of carboxylic acid groups (broad SMARTS) is 5. The van der Waals surface area contributed by atoms with Crippen LogP contribution >= 0.6 is 22.6 Å². The molecular weight excluding hydrogens is 1120 g/mol. The van der Waals surface area contributed by atoms with Crippen molar-refractivity contribution in [2.24, 2.45) is 16.9 Å². The second-order valence-corrected chi connectivity index (χ2v) is 18.8. The summed E-state index contributed by atoms with van der Waals surface area (Å²) in [6.07, 6.45) is 0.729. The number of carboxylic acids is 5. The number of rotatable bonds is 32. The lowest BCUT2D eigenvalue weighted by Gasteiger charge is -2.30. The predicted molar refractivity (Wildman–Crippen MR) is 284 cm³/mol. The zero-order chi connectivity index (χ0) is 56.4. The monoisotopic (exact) mass is 1190 g/mol. The number of hydrazone groups is 1. The lowest BCUT2D eigenvalue weighted by atomic mass is 9.81. The first-order valence-corrected chi connectivity index (χ1v) is 25.9. The van der Waals surface area contributed by atoms with Crippen LogP contribution in [-0.4, -0.2) is 143 Å². The van der Waals surface area contributed by atoms with E-state index >= 15 is 0 Å². The SMILES string of the molecule is O=C(O)CCC(NC(=O)NC(CCCCNC(=O)C(Cc1ccc2ccccc2c1)NC(=O)C1CCC(CNC(=O)C(CCC(=O)O)NC(=O)C(CCC(=O)O)NC(=O)c2ccc(N/N=C/I)nc2)CC1)C(=O)O)C(=O)O. The van der Waals surface area contributed by atoms with Gasteiger partial charge in [0.25, 0.3) is 5.91 Å². The number of halogens is 1. The number of aromatic nitrogens is 1. The summed E-state index contributed by atoms with van der Waals surface area (Å²) < 4.78 is 1.46. The average Bonchev–Trinajstić information content (AvgIpc) is 3.40. The highest BCUT2D eigenvalue weighted by Gasteiger charge is 2.32. The zero-order valence-corrected chi connectivity index (χ0v) is 43.9. The number of nitrogens with zero attached hydrogens (tertiary/aromatic N) is 2. The van der Waals surface area contributed by atoms with E-state index in [1.54, 1.807) is 0 Å². The third-order valence-corrected chi connectivity index (χ3v) is 12.8. The summed E-state index contributed by atoms with van der Waals surface area (Å²) in [6.45, 7) is 0.175. The Morgan fingerprint density at radius 2 is 1.19 bits per heavy atom. The number of aliphatic carboxylic acids is 5. The third kappa shape index (κ3) is 22.0. The topological polar surface area (TPSA) is 410 Å². The van der Waals surface area contributed by atoms with Gasteiger partial charge in [0.05, 0.1) is 9.78 Å². The normalized spacial score (nSPS) is 16.0. The number of nitrogens with one attached hydrogen (secondary N) is 8. The number of fused-ring (bicyclic) bond motifs is 1. The molecule has 1 aliphatic rings. The van der Waals surface area contributed by atoms with Crippen LogP contribution in [0.5, 0.6) is 0 Å². The standard InChI is InChI=1S/C50H63IN10O16/c51-27-55-61-39-18-14-33(26-53-39)44(69)56-35(16-20-41(64)65)47(72)57-34(15-19-40(62)63)45(70)54-25-28-8-12-31(13-9-28)43(68)58-38(24-29-10-11-30-5-1-2-6-32(30)23-29)46(71)52-22-4-3-7-36(48(73)74)59-50(77)60-37(49(75)76)17-21-42(66)67/h1-2,5-6,10-11,14,18,23,26-28,31,34-38H,3-4,7-9,12-13,15-17,19-22,24-25H2,(H,52,71)(H,53,61)(H,54,70)(H,56,69)(H,57,72)(H,58,68)(H,62,63)(H,64,65)(H,66,67)(H,73,74)(H,75,76)(H2,59,60,77)/b55-27+. The van der Waals surface area contributed by atoms with Crippen LogP contribution in [0.1, 0.15) is 99.4 Å². The van der Waals surface area contributed by atoms with Crippen molar-refractivity contribution in [2.45, 2.75) is 120 Å². The summed E-state index contributed by atoms with van der Waals surface area (Å²) in [5, 5.41) is 70.0.